The van der Waals surface area contributed by atoms with Crippen LogP contribution in [-0.2, 0) is 4.79 Å². The molecule has 2 aliphatic rings. The molecule has 0 aromatic rings. The standard InChI is InChI=1S/C10H16N2O2/c1-10(2)5-3-4-7(10)12-6-8(13)11-9(12)14/h7H,3-6H2,1-2H3,(H,11,13,14). The maximum atomic E-state index is 11.5. The van der Waals surface area contributed by atoms with E-state index in [1.807, 2.05) is 0 Å². The minimum atomic E-state index is -0.213. The lowest BCUT2D eigenvalue weighted by molar-refractivity contribution is -0.118. The molecule has 0 spiro atoms. The van der Waals surface area contributed by atoms with E-state index in [2.05, 4.69) is 19.2 Å². The predicted octanol–water partition coefficient (Wildman–Crippen LogP) is 1.12. The largest absolute Gasteiger partial charge is 0.324 e. The molecule has 14 heavy (non-hydrogen) atoms. The van der Waals surface area contributed by atoms with E-state index in [0.717, 1.165) is 19.3 Å². The van der Waals surface area contributed by atoms with Crippen molar-refractivity contribution in [1.82, 2.24) is 10.2 Å². The van der Waals surface area contributed by atoms with Crippen molar-refractivity contribution >= 4 is 11.9 Å². The van der Waals surface area contributed by atoms with Crippen molar-refractivity contribution in [3.05, 3.63) is 0 Å². The first-order valence-electron chi connectivity index (χ1n) is 5.11. The lowest BCUT2D eigenvalue weighted by atomic mass is 9.86. The number of hydrogen-bond donors (Lipinski definition) is 1. The Morgan fingerprint density at radius 2 is 2.14 bits per heavy atom. The van der Waals surface area contributed by atoms with E-state index in [0.29, 0.717) is 0 Å². The SMILES string of the molecule is CC1(C)CCCC1N1CC(=O)NC1=O. The topological polar surface area (TPSA) is 49.4 Å². The van der Waals surface area contributed by atoms with Crippen LogP contribution in [0.4, 0.5) is 4.79 Å². The zero-order valence-corrected chi connectivity index (χ0v) is 8.67. The summed E-state index contributed by atoms with van der Waals surface area (Å²) in [6.07, 6.45) is 3.30. The number of nitrogens with zero attached hydrogens (tertiary/aromatic N) is 1. The normalized spacial score (nSPS) is 31.0. The molecule has 4 nitrogen and oxygen atoms in total. The number of hydrogen-bond acceptors (Lipinski definition) is 2. The maximum Gasteiger partial charge on any atom is 0.324 e. The molecule has 1 atom stereocenters. The summed E-state index contributed by atoms with van der Waals surface area (Å²) in [5, 5.41) is 2.33. The van der Waals surface area contributed by atoms with Gasteiger partial charge in [0.1, 0.15) is 6.54 Å². The van der Waals surface area contributed by atoms with E-state index in [1.54, 1.807) is 4.90 Å². The molecule has 1 saturated carbocycles. The van der Waals surface area contributed by atoms with Gasteiger partial charge in [0, 0.05) is 6.04 Å². The molecule has 0 radical (unpaired) electrons. The van der Waals surface area contributed by atoms with Crippen molar-refractivity contribution in [1.29, 1.82) is 0 Å². The number of imide groups is 1. The first kappa shape index (κ1) is 9.49. The second-order valence-corrected chi connectivity index (χ2v) is 4.88. The number of carbonyl (C=O) groups excluding carboxylic acids is 2. The summed E-state index contributed by atoms with van der Waals surface area (Å²) in [4.78, 5) is 24.2. The molecule has 1 heterocycles. The number of rotatable bonds is 1. The molecule has 1 saturated heterocycles. The highest BCUT2D eigenvalue weighted by Crippen LogP contribution is 2.40. The first-order chi connectivity index (χ1) is 6.50. The number of carbonyl (C=O) groups is 2. The fraction of sp³-hybridized carbons (Fsp3) is 0.800. The zero-order chi connectivity index (χ0) is 10.3. The fourth-order valence-electron chi connectivity index (χ4n) is 2.59. The van der Waals surface area contributed by atoms with E-state index in [1.165, 1.54) is 0 Å². The summed E-state index contributed by atoms with van der Waals surface area (Å²) in [5.74, 6) is -0.169. The monoisotopic (exact) mass is 196 g/mol. The molecule has 1 aliphatic carbocycles. The van der Waals surface area contributed by atoms with Crippen molar-refractivity contribution in [3.8, 4) is 0 Å². The molecule has 4 heteroatoms. The third kappa shape index (κ3) is 1.38. The van der Waals surface area contributed by atoms with Crippen LogP contribution in [0.25, 0.3) is 0 Å². The van der Waals surface area contributed by atoms with Crippen molar-refractivity contribution in [2.75, 3.05) is 6.54 Å². The summed E-state index contributed by atoms with van der Waals surface area (Å²) >= 11 is 0. The quantitative estimate of drug-likeness (QED) is 0.639. The lowest BCUT2D eigenvalue weighted by Crippen LogP contribution is -2.43. The molecule has 0 bridgehead atoms. The van der Waals surface area contributed by atoms with E-state index in [-0.39, 0.29) is 29.9 Å². The average Bonchev–Trinajstić information content (AvgIpc) is 2.54. The molecule has 2 fully saturated rings. The highest BCUT2D eigenvalue weighted by molar-refractivity contribution is 6.02. The molecule has 1 aliphatic heterocycles. The Bertz CT molecular complexity index is 286. The van der Waals surface area contributed by atoms with Crippen LogP contribution in [0.15, 0.2) is 0 Å². The summed E-state index contributed by atoms with van der Waals surface area (Å²) in [7, 11) is 0. The molecule has 0 aromatic heterocycles. The van der Waals surface area contributed by atoms with Crippen LogP contribution in [0.3, 0.4) is 0 Å². The predicted molar refractivity (Wildman–Crippen MR) is 51.7 cm³/mol. The second kappa shape index (κ2) is 2.97. The summed E-state index contributed by atoms with van der Waals surface area (Å²) in [5.41, 5.74) is 0.155. The number of urea groups is 1. The number of amides is 3. The average molecular weight is 196 g/mol. The first-order valence-corrected chi connectivity index (χ1v) is 5.11. The van der Waals surface area contributed by atoms with Crippen molar-refractivity contribution in [3.63, 3.8) is 0 Å². The summed E-state index contributed by atoms with van der Waals surface area (Å²) < 4.78 is 0. The summed E-state index contributed by atoms with van der Waals surface area (Å²) in [6, 6.07) is 0.0175. The van der Waals surface area contributed by atoms with Gasteiger partial charge in [0.25, 0.3) is 0 Å². The Morgan fingerprint density at radius 1 is 1.43 bits per heavy atom. The number of nitrogens with one attached hydrogen (secondary N) is 1. The molecule has 1 N–H and O–H groups in total. The van der Waals surface area contributed by atoms with E-state index >= 15 is 0 Å². The Morgan fingerprint density at radius 3 is 2.57 bits per heavy atom. The highest BCUT2D eigenvalue weighted by Gasteiger charge is 2.43. The van der Waals surface area contributed by atoms with Gasteiger partial charge >= 0.3 is 6.03 Å². The molecule has 2 rings (SSSR count). The van der Waals surface area contributed by atoms with E-state index < -0.39 is 0 Å². The van der Waals surface area contributed by atoms with Gasteiger partial charge in [-0.3, -0.25) is 10.1 Å². The Labute approximate surface area is 83.6 Å². The minimum Gasteiger partial charge on any atom is -0.312 e. The third-order valence-corrected chi connectivity index (χ3v) is 3.40. The van der Waals surface area contributed by atoms with Crippen LogP contribution in [0.5, 0.6) is 0 Å². The smallest absolute Gasteiger partial charge is 0.312 e. The van der Waals surface area contributed by atoms with Crippen molar-refractivity contribution in [2.45, 2.75) is 39.2 Å². The second-order valence-electron chi connectivity index (χ2n) is 4.88. The van der Waals surface area contributed by atoms with Gasteiger partial charge in [0.2, 0.25) is 5.91 Å². The van der Waals surface area contributed by atoms with Gasteiger partial charge < -0.3 is 4.90 Å². The third-order valence-electron chi connectivity index (χ3n) is 3.40. The van der Waals surface area contributed by atoms with Gasteiger partial charge in [-0.2, -0.15) is 0 Å². The van der Waals surface area contributed by atoms with Crippen LogP contribution in [0.2, 0.25) is 0 Å². The van der Waals surface area contributed by atoms with Crippen LogP contribution in [0.1, 0.15) is 33.1 Å². The van der Waals surface area contributed by atoms with Crippen LogP contribution >= 0.6 is 0 Å². The Hall–Kier alpha value is -1.06. The van der Waals surface area contributed by atoms with Crippen LogP contribution in [0, 0.1) is 5.41 Å². The molecule has 0 aromatic carbocycles. The minimum absolute atomic E-state index is 0.155. The molecular formula is C10H16N2O2. The molecule has 3 amide bonds. The van der Waals surface area contributed by atoms with Gasteiger partial charge in [-0.05, 0) is 18.3 Å². The molecular weight excluding hydrogens is 180 g/mol. The van der Waals surface area contributed by atoms with Gasteiger partial charge in [-0.1, -0.05) is 20.3 Å². The Balaban J connectivity index is 2.15. The molecule has 78 valence electrons. The fourth-order valence-corrected chi connectivity index (χ4v) is 2.59. The summed E-state index contributed by atoms with van der Waals surface area (Å²) in [6.45, 7) is 4.58. The van der Waals surface area contributed by atoms with Gasteiger partial charge in [0.05, 0.1) is 0 Å². The Kier molecular flexibility index (Phi) is 2.01. The van der Waals surface area contributed by atoms with Gasteiger partial charge in [-0.25, -0.2) is 4.79 Å². The van der Waals surface area contributed by atoms with Gasteiger partial charge in [-0.15, -0.1) is 0 Å². The van der Waals surface area contributed by atoms with E-state index in [9.17, 15) is 9.59 Å². The van der Waals surface area contributed by atoms with Crippen LogP contribution < -0.4 is 5.32 Å². The van der Waals surface area contributed by atoms with E-state index in [4.69, 9.17) is 0 Å². The molecule has 1 unspecified atom stereocenters. The zero-order valence-electron chi connectivity index (χ0n) is 8.67. The van der Waals surface area contributed by atoms with Crippen molar-refractivity contribution < 1.29 is 9.59 Å². The van der Waals surface area contributed by atoms with Crippen LogP contribution in [-0.4, -0.2) is 29.4 Å². The lowest BCUT2D eigenvalue weighted by Gasteiger charge is -2.33. The van der Waals surface area contributed by atoms with Crippen molar-refractivity contribution in [2.24, 2.45) is 5.41 Å². The highest BCUT2D eigenvalue weighted by atomic mass is 16.2. The van der Waals surface area contributed by atoms with Gasteiger partial charge in [0.15, 0.2) is 0 Å². The maximum absolute atomic E-state index is 11.5.